The van der Waals surface area contributed by atoms with E-state index >= 15 is 0 Å². The van der Waals surface area contributed by atoms with Gasteiger partial charge in [0.15, 0.2) is 11.5 Å². The molecule has 0 aliphatic heterocycles. The molecule has 4 rings (SSSR count). The number of carbonyl (C=O) groups excluding carboxylic acids is 2. The summed E-state index contributed by atoms with van der Waals surface area (Å²) >= 11 is 0. The Kier molecular flexibility index (Phi) is 9.19. The summed E-state index contributed by atoms with van der Waals surface area (Å²) in [4.78, 5) is 38.0. The molecule has 1 atom stereocenters. The summed E-state index contributed by atoms with van der Waals surface area (Å²) < 4.78 is 22.1. The number of anilines is 1. The highest BCUT2D eigenvalue weighted by Crippen LogP contribution is 2.42. The van der Waals surface area contributed by atoms with Crippen molar-refractivity contribution < 1.29 is 28.5 Å². The zero-order valence-corrected chi connectivity index (χ0v) is 22.7. The van der Waals surface area contributed by atoms with Crippen molar-refractivity contribution in [3.63, 3.8) is 0 Å². The van der Waals surface area contributed by atoms with Crippen LogP contribution in [0.3, 0.4) is 0 Å². The molecule has 1 aliphatic rings. The second kappa shape index (κ2) is 12.9. The molecule has 2 aromatic carbocycles. The van der Waals surface area contributed by atoms with Gasteiger partial charge in [-0.2, -0.15) is 0 Å². The fraction of sp³-hybridized carbons (Fsp3) is 0.379. The fourth-order valence-corrected chi connectivity index (χ4v) is 4.88. The van der Waals surface area contributed by atoms with Crippen LogP contribution in [0, 0.1) is 0 Å². The van der Waals surface area contributed by atoms with E-state index in [1.807, 2.05) is 0 Å². The van der Waals surface area contributed by atoms with Crippen LogP contribution in [0.1, 0.15) is 54.2 Å². The molecule has 2 amide bonds. The maximum atomic E-state index is 14.2. The van der Waals surface area contributed by atoms with E-state index in [-0.39, 0.29) is 17.6 Å². The number of aromatic nitrogens is 2. The van der Waals surface area contributed by atoms with Gasteiger partial charge in [-0.1, -0.05) is 25.3 Å². The van der Waals surface area contributed by atoms with Crippen molar-refractivity contribution >= 4 is 17.5 Å². The minimum Gasteiger partial charge on any atom is -0.497 e. The lowest BCUT2D eigenvalue weighted by atomic mass is 9.94. The zero-order chi connectivity index (χ0) is 27.8. The first-order valence-electron chi connectivity index (χ1n) is 12.8. The second-order valence-corrected chi connectivity index (χ2v) is 9.17. The number of amides is 2. The first-order valence-corrected chi connectivity index (χ1v) is 12.8. The van der Waals surface area contributed by atoms with Gasteiger partial charge in [0.05, 0.1) is 34.6 Å². The van der Waals surface area contributed by atoms with Gasteiger partial charge in [0, 0.05) is 30.2 Å². The average Bonchev–Trinajstić information content (AvgIpc) is 2.99. The maximum Gasteiger partial charge on any atom is 0.279 e. The van der Waals surface area contributed by atoms with Crippen molar-refractivity contribution in [2.45, 2.75) is 44.2 Å². The zero-order valence-electron chi connectivity index (χ0n) is 22.7. The monoisotopic (exact) mass is 534 g/mol. The van der Waals surface area contributed by atoms with Crippen LogP contribution in [-0.4, -0.2) is 56.3 Å². The van der Waals surface area contributed by atoms with Crippen molar-refractivity contribution in [1.29, 1.82) is 0 Å². The van der Waals surface area contributed by atoms with Crippen LogP contribution in [0.5, 0.6) is 23.0 Å². The molecule has 206 valence electrons. The third-order valence-corrected chi connectivity index (χ3v) is 6.79. The molecule has 0 saturated heterocycles. The van der Waals surface area contributed by atoms with Crippen molar-refractivity contribution in [3.8, 4) is 23.0 Å². The van der Waals surface area contributed by atoms with E-state index in [1.165, 1.54) is 44.8 Å². The van der Waals surface area contributed by atoms with E-state index in [1.54, 1.807) is 43.5 Å². The van der Waals surface area contributed by atoms with Gasteiger partial charge < -0.3 is 24.3 Å². The van der Waals surface area contributed by atoms with Crippen LogP contribution in [0.2, 0.25) is 0 Å². The number of rotatable bonds is 10. The van der Waals surface area contributed by atoms with Crippen LogP contribution < -0.4 is 29.2 Å². The molecule has 1 fully saturated rings. The Morgan fingerprint density at radius 2 is 1.64 bits per heavy atom. The van der Waals surface area contributed by atoms with Crippen molar-refractivity contribution in [2.24, 2.45) is 0 Å². The average molecular weight is 535 g/mol. The topological polar surface area (TPSA) is 112 Å². The lowest BCUT2D eigenvalue weighted by molar-refractivity contribution is -0.123. The van der Waals surface area contributed by atoms with Gasteiger partial charge in [-0.05, 0) is 42.7 Å². The van der Waals surface area contributed by atoms with E-state index in [0.717, 1.165) is 32.1 Å². The van der Waals surface area contributed by atoms with Crippen LogP contribution >= 0.6 is 0 Å². The number of methoxy groups -OCH3 is 4. The number of nitrogens with zero attached hydrogens (tertiary/aromatic N) is 3. The molecule has 39 heavy (non-hydrogen) atoms. The summed E-state index contributed by atoms with van der Waals surface area (Å²) in [7, 11) is 6.05. The summed E-state index contributed by atoms with van der Waals surface area (Å²) in [5.41, 5.74) is 1.00. The molecule has 3 aromatic rings. The van der Waals surface area contributed by atoms with Gasteiger partial charge in [-0.25, -0.2) is 4.98 Å². The molecule has 1 saturated carbocycles. The molecule has 0 bridgehead atoms. The number of hydrogen-bond donors (Lipinski definition) is 1. The first kappa shape index (κ1) is 27.7. The molecule has 0 unspecified atom stereocenters. The lowest BCUT2D eigenvalue weighted by Crippen LogP contribution is -2.47. The lowest BCUT2D eigenvalue weighted by Gasteiger charge is -2.33. The highest BCUT2D eigenvalue weighted by atomic mass is 16.5. The Balaban J connectivity index is 1.91. The number of hydrogen-bond acceptors (Lipinski definition) is 8. The Morgan fingerprint density at radius 1 is 0.923 bits per heavy atom. The van der Waals surface area contributed by atoms with Crippen LogP contribution in [0.25, 0.3) is 0 Å². The minimum atomic E-state index is -1.11. The Morgan fingerprint density at radius 3 is 2.23 bits per heavy atom. The van der Waals surface area contributed by atoms with E-state index in [4.69, 9.17) is 18.9 Å². The number of benzene rings is 2. The van der Waals surface area contributed by atoms with Crippen LogP contribution in [0.15, 0.2) is 55.0 Å². The molecule has 1 heterocycles. The first-order chi connectivity index (χ1) is 19.0. The van der Waals surface area contributed by atoms with E-state index in [2.05, 4.69) is 15.3 Å². The predicted molar refractivity (Wildman–Crippen MR) is 146 cm³/mol. The summed E-state index contributed by atoms with van der Waals surface area (Å²) in [6.07, 6.45) is 9.28. The highest BCUT2D eigenvalue weighted by Gasteiger charge is 2.36. The van der Waals surface area contributed by atoms with E-state index < -0.39 is 11.9 Å². The molecule has 1 aromatic heterocycles. The van der Waals surface area contributed by atoms with E-state index in [9.17, 15) is 9.59 Å². The van der Waals surface area contributed by atoms with E-state index in [0.29, 0.717) is 34.2 Å². The predicted octanol–water partition coefficient (Wildman–Crippen LogP) is 4.35. The van der Waals surface area contributed by atoms with Gasteiger partial charge in [-0.15, -0.1) is 0 Å². The number of ether oxygens (including phenoxy) is 4. The smallest absolute Gasteiger partial charge is 0.279 e. The number of carbonyl (C=O) groups is 2. The van der Waals surface area contributed by atoms with Gasteiger partial charge in [0.25, 0.3) is 5.91 Å². The van der Waals surface area contributed by atoms with Gasteiger partial charge in [-0.3, -0.25) is 19.5 Å². The van der Waals surface area contributed by atoms with Crippen molar-refractivity contribution in [3.05, 3.63) is 66.2 Å². The molecule has 10 heteroatoms. The Bertz CT molecular complexity index is 1250. The van der Waals surface area contributed by atoms with Gasteiger partial charge in [0.1, 0.15) is 17.5 Å². The minimum absolute atomic E-state index is 0.00886. The van der Waals surface area contributed by atoms with Crippen molar-refractivity contribution in [2.75, 3.05) is 33.3 Å². The third kappa shape index (κ3) is 6.22. The number of nitrogens with one attached hydrogen (secondary N) is 1. The third-order valence-electron chi connectivity index (χ3n) is 6.79. The van der Waals surface area contributed by atoms with Gasteiger partial charge in [0.2, 0.25) is 11.7 Å². The molecular weight excluding hydrogens is 500 g/mol. The largest absolute Gasteiger partial charge is 0.497 e. The molecule has 0 radical (unpaired) electrons. The maximum absolute atomic E-state index is 14.2. The van der Waals surface area contributed by atoms with Gasteiger partial charge >= 0.3 is 0 Å². The normalized spacial score (nSPS) is 14.2. The SMILES string of the molecule is COc1cccc(N(C(=O)c2cnccn2)[C@H](C(=O)NC2CCCCC2)c2cc(OC)c(OC)c(OC)c2)c1. The fourth-order valence-electron chi connectivity index (χ4n) is 4.88. The Hall–Kier alpha value is -4.34. The molecule has 1 N–H and O–H groups in total. The van der Waals surface area contributed by atoms with Crippen molar-refractivity contribution in [1.82, 2.24) is 15.3 Å². The molecule has 10 nitrogen and oxygen atoms in total. The van der Waals surface area contributed by atoms with Crippen LogP contribution in [-0.2, 0) is 4.79 Å². The second-order valence-electron chi connectivity index (χ2n) is 9.17. The summed E-state index contributed by atoms with van der Waals surface area (Å²) in [5.74, 6) is 0.786. The highest BCUT2D eigenvalue weighted by molar-refractivity contribution is 6.09. The molecular formula is C29H34N4O6. The summed E-state index contributed by atoms with van der Waals surface area (Å²) in [6, 6.07) is 9.24. The summed E-state index contributed by atoms with van der Waals surface area (Å²) in [5, 5.41) is 3.19. The summed E-state index contributed by atoms with van der Waals surface area (Å²) in [6.45, 7) is 0. The quantitative estimate of drug-likeness (QED) is 0.409. The standard InChI is InChI=1S/C29H34N4O6/c1-36-22-12-8-11-21(17-22)33(29(35)23-18-30-13-14-31-23)26(28(34)32-20-9-6-5-7-10-20)19-15-24(37-2)27(39-4)25(16-19)38-3/h8,11-18,20,26H,5-7,9-10H2,1-4H3,(H,32,34)/t26-/m0/s1. The molecule has 1 aliphatic carbocycles. The van der Waals surface area contributed by atoms with Crippen LogP contribution in [0.4, 0.5) is 5.69 Å². The molecule has 0 spiro atoms. The Labute approximate surface area is 228 Å².